The highest BCUT2D eigenvalue weighted by molar-refractivity contribution is 7.98. The summed E-state index contributed by atoms with van der Waals surface area (Å²) in [5.41, 5.74) is 2.53. The molecule has 2 aromatic rings. The van der Waals surface area contributed by atoms with E-state index < -0.39 is 0 Å². The lowest BCUT2D eigenvalue weighted by Crippen LogP contribution is -2.32. The maximum atomic E-state index is 12.3. The molecular formula is C22H21N3O3S. The third-order valence-corrected chi connectivity index (χ3v) is 5.64. The van der Waals surface area contributed by atoms with Crippen LogP contribution in [-0.4, -0.2) is 41.5 Å². The van der Waals surface area contributed by atoms with E-state index in [0.717, 1.165) is 17.1 Å². The maximum Gasteiger partial charge on any atom is 0.261 e. The van der Waals surface area contributed by atoms with E-state index >= 15 is 0 Å². The molecule has 0 saturated heterocycles. The minimum atomic E-state index is -0.292. The van der Waals surface area contributed by atoms with Gasteiger partial charge in [0.1, 0.15) is 0 Å². The van der Waals surface area contributed by atoms with Crippen LogP contribution in [0, 0.1) is 11.3 Å². The Kier molecular flexibility index (Phi) is 7.04. The number of benzene rings is 2. The zero-order valence-corrected chi connectivity index (χ0v) is 16.7. The number of imide groups is 1. The van der Waals surface area contributed by atoms with Crippen molar-refractivity contribution in [1.29, 1.82) is 5.26 Å². The second-order valence-electron chi connectivity index (χ2n) is 6.58. The van der Waals surface area contributed by atoms with Crippen LogP contribution in [0.4, 0.5) is 0 Å². The summed E-state index contributed by atoms with van der Waals surface area (Å²) in [6, 6.07) is 16.4. The Hall–Kier alpha value is -3.11. The van der Waals surface area contributed by atoms with E-state index in [1.165, 1.54) is 4.90 Å². The van der Waals surface area contributed by atoms with Gasteiger partial charge >= 0.3 is 0 Å². The van der Waals surface area contributed by atoms with E-state index in [0.29, 0.717) is 29.7 Å². The van der Waals surface area contributed by atoms with Crippen molar-refractivity contribution in [2.24, 2.45) is 0 Å². The topological polar surface area (TPSA) is 90.3 Å². The number of fused-ring (bicyclic) bond motifs is 1. The highest BCUT2D eigenvalue weighted by Gasteiger charge is 2.34. The van der Waals surface area contributed by atoms with E-state index in [1.54, 1.807) is 42.1 Å². The molecule has 1 N–H and O–H groups in total. The largest absolute Gasteiger partial charge is 0.355 e. The molecule has 0 atom stereocenters. The van der Waals surface area contributed by atoms with Gasteiger partial charge in [-0.2, -0.15) is 17.0 Å². The van der Waals surface area contributed by atoms with Gasteiger partial charge < -0.3 is 5.32 Å². The van der Waals surface area contributed by atoms with Crippen molar-refractivity contribution in [1.82, 2.24) is 10.2 Å². The van der Waals surface area contributed by atoms with E-state index in [4.69, 9.17) is 5.26 Å². The van der Waals surface area contributed by atoms with Gasteiger partial charge in [-0.1, -0.05) is 30.3 Å². The van der Waals surface area contributed by atoms with E-state index in [9.17, 15) is 14.4 Å². The fourth-order valence-electron chi connectivity index (χ4n) is 3.13. The Morgan fingerprint density at radius 2 is 1.69 bits per heavy atom. The fraction of sp³-hybridized carbons (Fsp3) is 0.273. The lowest BCUT2D eigenvalue weighted by atomic mass is 10.1. The molecule has 0 bridgehead atoms. The molecule has 0 aliphatic carbocycles. The van der Waals surface area contributed by atoms with Crippen LogP contribution in [0.25, 0.3) is 0 Å². The van der Waals surface area contributed by atoms with Crippen LogP contribution in [0.3, 0.4) is 0 Å². The van der Waals surface area contributed by atoms with Crippen LogP contribution in [-0.2, 0) is 10.5 Å². The van der Waals surface area contributed by atoms with Crippen LogP contribution in [0.2, 0.25) is 0 Å². The van der Waals surface area contributed by atoms with Crippen molar-refractivity contribution in [3.05, 3.63) is 70.8 Å². The number of rotatable bonds is 9. The number of carbonyl (C=O) groups is 3. The number of hydrogen-bond acceptors (Lipinski definition) is 5. The molecule has 2 aromatic carbocycles. The van der Waals surface area contributed by atoms with Crippen molar-refractivity contribution < 1.29 is 14.4 Å². The molecule has 1 heterocycles. The molecule has 0 unspecified atom stereocenters. The van der Waals surface area contributed by atoms with E-state index in [-0.39, 0.29) is 30.7 Å². The smallest absolute Gasteiger partial charge is 0.261 e. The van der Waals surface area contributed by atoms with Crippen molar-refractivity contribution in [3.8, 4) is 6.07 Å². The lowest BCUT2D eigenvalue weighted by Gasteiger charge is -2.13. The molecule has 29 heavy (non-hydrogen) atoms. The summed E-state index contributed by atoms with van der Waals surface area (Å²) in [5, 5.41) is 11.9. The van der Waals surface area contributed by atoms with Gasteiger partial charge in [0, 0.05) is 31.0 Å². The highest BCUT2D eigenvalue weighted by Crippen LogP contribution is 2.22. The lowest BCUT2D eigenvalue weighted by molar-refractivity contribution is -0.121. The number of nitriles is 1. The third kappa shape index (κ3) is 5.04. The standard InChI is InChI=1S/C22H21N3O3S/c23-14-16-6-1-2-7-17(16)15-29-13-11-24-20(26)10-5-12-25-21(27)18-8-3-4-9-19(18)22(25)28/h1-4,6-9H,5,10-13,15H2,(H,24,26). The summed E-state index contributed by atoms with van der Waals surface area (Å²) in [7, 11) is 0. The van der Waals surface area contributed by atoms with Gasteiger partial charge in [-0.15, -0.1) is 0 Å². The molecule has 3 amide bonds. The average Bonchev–Trinajstić information content (AvgIpc) is 2.99. The van der Waals surface area contributed by atoms with Gasteiger partial charge in [0.2, 0.25) is 5.91 Å². The van der Waals surface area contributed by atoms with E-state index in [1.807, 2.05) is 18.2 Å². The van der Waals surface area contributed by atoms with Gasteiger partial charge in [0.05, 0.1) is 22.8 Å². The minimum Gasteiger partial charge on any atom is -0.355 e. The number of thioether (sulfide) groups is 1. The molecule has 7 heteroatoms. The monoisotopic (exact) mass is 407 g/mol. The zero-order valence-electron chi connectivity index (χ0n) is 15.9. The molecule has 3 rings (SSSR count). The molecule has 6 nitrogen and oxygen atoms in total. The van der Waals surface area contributed by atoms with Gasteiger partial charge in [0.25, 0.3) is 11.8 Å². The number of nitrogens with zero attached hydrogens (tertiary/aromatic N) is 2. The van der Waals surface area contributed by atoms with Crippen LogP contribution >= 0.6 is 11.8 Å². The van der Waals surface area contributed by atoms with Gasteiger partial charge in [0.15, 0.2) is 0 Å². The maximum absolute atomic E-state index is 12.3. The number of amides is 3. The molecule has 0 spiro atoms. The summed E-state index contributed by atoms with van der Waals surface area (Å²) in [5.74, 6) is 0.781. The Morgan fingerprint density at radius 1 is 1.03 bits per heavy atom. The Labute approximate surface area is 173 Å². The summed E-state index contributed by atoms with van der Waals surface area (Å²) in [6.45, 7) is 0.769. The average molecular weight is 407 g/mol. The predicted molar refractivity (Wildman–Crippen MR) is 111 cm³/mol. The first-order valence-corrected chi connectivity index (χ1v) is 10.5. The van der Waals surface area contributed by atoms with Gasteiger partial charge in [-0.25, -0.2) is 0 Å². The molecule has 0 fully saturated rings. The Balaban J connectivity index is 1.33. The van der Waals surface area contributed by atoms with E-state index in [2.05, 4.69) is 11.4 Å². The molecule has 148 valence electrons. The predicted octanol–water partition coefficient (Wildman–Crippen LogP) is 2.98. The Bertz CT molecular complexity index is 933. The second-order valence-corrected chi connectivity index (χ2v) is 7.69. The summed E-state index contributed by atoms with van der Waals surface area (Å²) in [6.07, 6.45) is 0.690. The molecule has 0 radical (unpaired) electrons. The normalized spacial score (nSPS) is 12.6. The first kappa shape index (κ1) is 20.6. The van der Waals surface area contributed by atoms with Crippen LogP contribution in [0.15, 0.2) is 48.5 Å². The van der Waals surface area contributed by atoms with Gasteiger partial charge in [-0.05, 0) is 30.2 Å². The number of hydrogen-bond donors (Lipinski definition) is 1. The van der Waals surface area contributed by atoms with Crippen LogP contribution in [0.5, 0.6) is 0 Å². The van der Waals surface area contributed by atoms with Crippen molar-refractivity contribution in [3.63, 3.8) is 0 Å². The summed E-state index contributed by atoms with van der Waals surface area (Å²) in [4.78, 5) is 37.7. The molecule has 1 aliphatic rings. The van der Waals surface area contributed by atoms with Crippen LogP contribution < -0.4 is 5.32 Å². The van der Waals surface area contributed by atoms with Crippen molar-refractivity contribution in [2.45, 2.75) is 18.6 Å². The summed E-state index contributed by atoms with van der Waals surface area (Å²) < 4.78 is 0. The Morgan fingerprint density at radius 3 is 2.38 bits per heavy atom. The first-order chi connectivity index (χ1) is 14.1. The summed E-state index contributed by atoms with van der Waals surface area (Å²) >= 11 is 1.65. The SMILES string of the molecule is N#Cc1ccccc1CSCCNC(=O)CCCN1C(=O)c2ccccc2C1=O. The molecule has 0 saturated carbocycles. The zero-order chi connectivity index (χ0) is 20.6. The van der Waals surface area contributed by atoms with Crippen molar-refractivity contribution in [2.75, 3.05) is 18.8 Å². The number of carbonyl (C=O) groups excluding carboxylic acids is 3. The minimum absolute atomic E-state index is 0.0976. The molecule has 0 aromatic heterocycles. The van der Waals surface area contributed by atoms with Crippen LogP contribution in [0.1, 0.15) is 44.7 Å². The highest BCUT2D eigenvalue weighted by atomic mass is 32.2. The first-order valence-electron chi connectivity index (χ1n) is 9.39. The van der Waals surface area contributed by atoms with Crippen molar-refractivity contribution >= 4 is 29.5 Å². The van der Waals surface area contributed by atoms with Gasteiger partial charge in [-0.3, -0.25) is 19.3 Å². The quantitative estimate of drug-likeness (QED) is 0.510. The number of nitrogens with one attached hydrogen (secondary N) is 1. The molecular weight excluding hydrogens is 386 g/mol. The second kappa shape index (κ2) is 9.89. The fourth-order valence-corrected chi connectivity index (χ4v) is 3.99. The third-order valence-electron chi connectivity index (χ3n) is 4.63. The molecule has 1 aliphatic heterocycles.